The molecule has 0 fully saturated rings. The fraction of sp³-hybridized carbons (Fsp3) is 0.500. The second kappa shape index (κ2) is 5.85. The maximum Gasteiger partial charge on any atom is 0.218 e. The number of aliphatic hydroxyl groups excluding tert-OH is 1. The number of primary amides is 1. The lowest BCUT2D eigenvalue weighted by Crippen LogP contribution is -2.33. The summed E-state index contributed by atoms with van der Waals surface area (Å²) in [5.41, 5.74) is 5.96. The predicted octanol–water partition coefficient (Wildman–Crippen LogP) is 0.635. The zero-order valence-electron chi connectivity index (χ0n) is 8.64. The van der Waals surface area contributed by atoms with Crippen LogP contribution in [0.5, 0.6) is 0 Å². The van der Waals surface area contributed by atoms with E-state index in [-0.39, 0.29) is 18.4 Å². The normalized spacial score (nSPS) is 14.8. The van der Waals surface area contributed by atoms with Crippen LogP contribution in [0.4, 0.5) is 0 Å². The van der Waals surface area contributed by atoms with E-state index in [4.69, 9.17) is 5.73 Å². The highest BCUT2D eigenvalue weighted by Crippen LogP contribution is 2.15. The van der Waals surface area contributed by atoms with E-state index in [1.807, 2.05) is 23.8 Å². The van der Waals surface area contributed by atoms with Crippen molar-refractivity contribution in [2.75, 3.05) is 6.54 Å². The predicted molar refractivity (Wildman–Crippen MR) is 60.6 cm³/mol. The molecule has 1 rings (SSSR count). The van der Waals surface area contributed by atoms with Crippen LogP contribution in [0.2, 0.25) is 0 Å². The number of hydrogen-bond donors (Lipinski definition) is 3. The Morgan fingerprint density at radius 2 is 2.47 bits per heavy atom. The van der Waals surface area contributed by atoms with Crippen LogP contribution in [-0.4, -0.2) is 23.6 Å². The number of amides is 1. The van der Waals surface area contributed by atoms with Crippen molar-refractivity contribution >= 4 is 17.2 Å². The van der Waals surface area contributed by atoms with Crippen molar-refractivity contribution in [1.82, 2.24) is 5.32 Å². The summed E-state index contributed by atoms with van der Waals surface area (Å²) >= 11 is 1.55. The Hall–Kier alpha value is -0.910. The van der Waals surface area contributed by atoms with E-state index in [9.17, 15) is 9.90 Å². The third-order valence-electron chi connectivity index (χ3n) is 2.09. The summed E-state index contributed by atoms with van der Waals surface area (Å²) < 4.78 is 0. The zero-order valence-corrected chi connectivity index (χ0v) is 9.46. The molecule has 0 spiro atoms. The van der Waals surface area contributed by atoms with Crippen molar-refractivity contribution in [2.45, 2.75) is 25.5 Å². The first-order valence-corrected chi connectivity index (χ1v) is 5.75. The minimum Gasteiger partial charge on any atom is -0.387 e. The first kappa shape index (κ1) is 12.2. The lowest BCUT2D eigenvalue weighted by atomic mass is 10.1. The maximum atomic E-state index is 10.6. The lowest BCUT2D eigenvalue weighted by Gasteiger charge is -2.15. The van der Waals surface area contributed by atoms with Gasteiger partial charge in [-0.3, -0.25) is 4.79 Å². The van der Waals surface area contributed by atoms with Gasteiger partial charge < -0.3 is 16.2 Å². The molecule has 0 saturated carbocycles. The zero-order chi connectivity index (χ0) is 11.3. The molecule has 5 heteroatoms. The monoisotopic (exact) mass is 228 g/mol. The van der Waals surface area contributed by atoms with Gasteiger partial charge in [-0.25, -0.2) is 0 Å². The van der Waals surface area contributed by atoms with Gasteiger partial charge in [-0.2, -0.15) is 11.3 Å². The number of carbonyl (C=O) groups excluding carboxylic acids is 1. The van der Waals surface area contributed by atoms with Gasteiger partial charge in [0.15, 0.2) is 0 Å². The number of hydrogen-bond acceptors (Lipinski definition) is 4. The number of thiophene rings is 1. The fourth-order valence-electron chi connectivity index (χ4n) is 1.27. The number of nitrogens with one attached hydrogen (secondary N) is 1. The van der Waals surface area contributed by atoms with Gasteiger partial charge in [-0.15, -0.1) is 0 Å². The van der Waals surface area contributed by atoms with E-state index in [1.54, 1.807) is 11.3 Å². The minimum absolute atomic E-state index is 0.00390. The smallest absolute Gasteiger partial charge is 0.218 e. The molecule has 0 aliphatic heterocycles. The molecule has 0 aliphatic rings. The summed E-state index contributed by atoms with van der Waals surface area (Å²) in [7, 11) is 0. The fourth-order valence-corrected chi connectivity index (χ4v) is 1.98. The Morgan fingerprint density at radius 3 is 3.00 bits per heavy atom. The van der Waals surface area contributed by atoms with E-state index < -0.39 is 6.10 Å². The first-order chi connectivity index (χ1) is 7.09. The summed E-state index contributed by atoms with van der Waals surface area (Å²) in [5.74, 6) is -0.333. The molecule has 0 saturated heterocycles. The Bertz CT molecular complexity index is 300. The highest BCUT2D eigenvalue weighted by atomic mass is 32.1. The van der Waals surface area contributed by atoms with Crippen LogP contribution in [0.15, 0.2) is 16.8 Å². The summed E-state index contributed by atoms with van der Waals surface area (Å²) in [6, 6.07) is 1.88. The van der Waals surface area contributed by atoms with Crippen molar-refractivity contribution in [3.8, 4) is 0 Å². The third-order valence-corrected chi connectivity index (χ3v) is 2.80. The molecule has 84 valence electrons. The Morgan fingerprint density at radius 1 is 1.73 bits per heavy atom. The Balaban J connectivity index is 2.28. The SMILES string of the molecule is CC(CC(N)=O)NCC(O)c1ccsc1. The molecule has 4 N–H and O–H groups in total. The molecule has 1 amide bonds. The van der Waals surface area contributed by atoms with Gasteiger partial charge in [0.1, 0.15) is 0 Å². The summed E-state index contributed by atoms with van der Waals surface area (Å²) in [4.78, 5) is 10.6. The van der Waals surface area contributed by atoms with E-state index in [0.717, 1.165) is 5.56 Å². The summed E-state index contributed by atoms with van der Waals surface area (Å²) in [6.07, 6.45) is -0.234. The van der Waals surface area contributed by atoms with Gasteiger partial charge in [0, 0.05) is 19.0 Å². The lowest BCUT2D eigenvalue weighted by molar-refractivity contribution is -0.118. The van der Waals surface area contributed by atoms with Gasteiger partial charge in [0.25, 0.3) is 0 Å². The van der Waals surface area contributed by atoms with E-state index in [1.165, 1.54) is 0 Å². The molecule has 15 heavy (non-hydrogen) atoms. The van der Waals surface area contributed by atoms with Gasteiger partial charge in [0.2, 0.25) is 5.91 Å². The highest BCUT2D eigenvalue weighted by molar-refractivity contribution is 7.07. The summed E-state index contributed by atoms with van der Waals surface area (Å²) in [6.45, 7) is 2.30. The average Bonchev–Trinajstić information content (AvgIpc) is 2.65. The molecule has 2 unspecified atom stereocenters. The first-order valence-electron chi connectivity index (χ1n) is 4.81. The summed E-state index contributed by atoms with van der Waals surface area (Å²) in [5, 5.41) is 16.6. The van der Waals surface area contributed by atoms with Gasteiger partial charge in [0.05, 0.1) is 6.10 Å². The van der Waals surface area contributed by atoms with Crippen LogP contribution in [0.3, 0.4) is 0 Å². The van der Waals surface area contributed by atoms with E-state index in [0.29, 0.717) is 6.54 Å². The quantitative estimate of drug-likeness (QED) is 0.668. The number of nitrogens with two attached hydrogens (primary N) is 1. The standard InChI is InChI=1S/C10H16N2O2S/c1-7(4-10(11)14)12-5-9(13)8-2-3-15-6-8/h2-3,6-7,9,12-13H,4-5H2,1H3,(H2,11,14). The topological polar surface area (TPSA) is 75.4 Å². The van der Waals surface area contributed by atoms with Crippen molar-refractivity contribution < 1.29 is 9.90 Å². The van der Waals surface area contributed by atoms with Gasteiger partial charge >= 0.3 is 0 Å². The van der Waals surface area contributed by atoms with Crippen LogP contribution in [0.1, 0.15) is 25.0 Å². The number of rotatable bonds is 6. The second-order valence-electron chi connectivity index (χ2n) is 3.55. The van der Waals surface area contributed by atoms with Crippen LogP contribution >= 0.6 is 11.3 Å². The molecule has 0 aliphatic carbocycles. The largest absolute Gasteiger partial charge is 0.387 e. The van der Waals surface area contributed by atoms with Crippen LogP contribution in [-0.2, 0) is 4.79 Å². The van der Waals surface area contributed by atoms with Crippen molar-refractivity contribution in [1.29, 1.82) is 0 Å². The van der Waals surface area contributed by atoms with Crippen LogP contribution in [0, 0.1) is 0 Å². The molecule has 0 aromatic carbocycles. The Labute approximate surface area is 93.1 Å². The van der Waals surface area contributed by atoms with Gasteiger partial charge in [-0.1, -0.05) is 0 Å². The molecule has 1 aromatic rings. The van der Waals surface area contributed by atoms with Crippen LogP contribution < -0.4 is 11.1 Å². The highest BCUT2D eigenvalue weighted by Gasteiger charge is 2.10. The average molecular weight is 228 g/mol. The Kier molecular flexibility index (Phi) is 4.74. The minimum atomic E-state index is -0.522. The van der Waals surface area contributed by atoms with E-state index in [2.05, 4.69) is 5.32 Å². The van der Waals surface area contributed by atoms with E-state index >= 15 is 0 Å². The maximum absolute atomic E-state index is 10.6. The molecular formula is C10H16N2O2S. The van der Waals surface area contributed by atoms with Crippen molar-refractivity contribution in [3.05, 3.63) is 22.4 Å². The molecule has 0 radical (unpaired) electrons. The number of aliphatic hydroxyl groups is 1. The molecular weight excluding hydrogens is 212 g/mol. The van der Waals surface area contributed by atoms with Crippen molar-refractivity contribution in [3.63, 3.8) is 0 Å². The second-order valence-corrected chi connectivity index (χ2v) is 4.33. The third kappa shape index (κ3) is 4.42. The van der Waals surface area contributed by atoms with Crippen LogP contribution in [0.25, 0.3) is 0 Å². The molecule has 1 aromatic heterocycles. The molecule has 2 atom stereocenters. The molecule has 4 nitrogen and oxygen atoms in total. The van der Waals surface area contributed by atoms with Gasteiger partial charge in [-0.05, 0) is 29.3 Å². The van der Waals surface area contributed by atoms with Crippen molar-refractivity contribution in [2.24, 2.45) is 5.73 Å². The molecule has 1 heterocycles. The number of carbonyl (C=O) groups is 1. The molecule has 0 bridgehead atoms.